The minimum atomic E-state index is -0.391. The minimum Gasteiger partial charge on any atom is -0.350 e. The fraction of sp³-hybridized carbons (Fsp3) is 0.143. The molecule has 0 radical (unpaired) electrons. The third-order valence-electron chi connectivity index (χ3n) is 4.50. The van der Waals surface area contributed by atoms with Crippen LogP contribution in [-0.4, -0.2) is 32.0 Å². The average Bonchev–Trinajstić information content (AvgIpc) is 3.09. The number of imidazole rings is 1. The van der Waals surface area contributed by atoms with E-state index in [2.05, 4.69) is 20.3 Å². The third-order valence-corrected chi connectivity index (χ3v) is 4.50. The Kier molecular flexibility index (Phi) is 4.80. The number of aryl methyl sites for hydroxylation is 1. The van der Waals surface area contributed by atoms with E-state index in [-0.39, 0.29) is 5.91 Å². The van der Waals surface area contributed by atoms with Gasteiger partial charge in [0.2, 0.25) is 0 Å². The molecule has 0 bridgehead atoms. The van der Waals surface area contributed by atoms with Crippen LogP contribution >= 0.6 is 0 Å². The van der Waals surface area contributed by atoms with E-state index >= 15 is 0 Å². The van der Waals surface area contributed by atoms with E-state index in [9.17, 15) is 9.18 Å². The summed E-state index contributed by atoms with van der Waals surface area (Å²) in [5, 5.41) is 2.83. The molecule has 0 fully saturated rings. The molecule has 28 heavy (non-hydrogen) atoms. The number of hydrogen-bond acceptors (Lipinski definition) is 4. The second-order valence-corrected chi connectivity index (χ2v) is 6.39. The van der Waals surface area contributed by atoms with Crippen LogP contribution in [0, 0.1) is 12.7 Å². The van der Waals surface area contributed by atoms with Crippen molar-refractivity contribution in [3.63, 3.8) is 0 Å². The molecule has 140 valence electrons. The zero-order chi connectivity index (χ0) is 19.5. The van der Waals surface area contributed by atoms with Crippen LogP contribution in [0.5, 0.6) is 0 Å². The van der Waals surface area contributed by atoms with Gasteiger partial charge in [0.15, 0.2) is 5.65 Å². The summed E-state index contributed by atoms with van der Waals surface area (Å²) in [6.45, 7) is 2.49. The standard InChI is InChI=1S/C21H18FN5O/c1-14-4-5-16(13-17(14)22)21(28)25-11-12-27-19(15-6-9-23-10-7-15)26-18-3-2-8-24-20(18)27/h2-10,13H,11-12H2,1H3,(H,25,28). The quantitative estimate of drug-likeness (QED) is 0.580. The number of hydrogen-bond donors (Lipinski definition) is 1. The van der Waals surface area contributed by atoms with Crippen LogP contribution in [0.3, 0.4) is 0 Å². The maximum absolute atomic E-state index is 13.7. The van der Waals surface area contributed by atoms with Gasteiger partial charge in [0.25, 0.3) is 5.91 Å². The molecule has 0 saturated heterocycles. The van der Waals surface area contributed by atoms with Crippen molar-refractivity contribution in [3.8, 4) is 11.4 Å². The molecule has 4 rings (SSSR count). The van der Waals surface area contributed by atoms with Crippen molar-refractivity contribution in [3.05, 3.63) is 78.0 Å². The fourth-order valence-corrected chi connectivity index (χ4v) is 3.01. The third kappa shape index (κ3) is 3.46. The van der Waals surface area contributed by atoms with Crippen molar-refractivity contribution in [1.82, 2.24) is 24.8 Å². The number of fused-ring (bicyclic) bond motifs is 1. The molecular weight excluding hydrogens is 357 g/mol. The number of nitrogens with zero attached hydrogens (tertiary/aromatic N) is 4. The fourth-order valence-electron chi connectivity index (χ4n) is 3.01. The molecular formula is C21H18FN5O. The minimum absolute atomic E-state index is 0.297. The van der Waals surface area contributed by atoms with Gasteiger partial charge in [0, 0.05) is 42.8 Å². The zero-order valence-corrected chi connectivity index (χ0v) is 15.3. The highest BCUT2D eigenvalue weighted by Crippen LogP contribution is 2.22. The Bertz CT molecular complexity index is 1140. The smallest absolute Gasteiger partial charge is 0.251 e. The molecule has 0 spiro atoms. The van der Waals surface area contributed by atoms with Crippen LogP contribution in [0.4, 0.5) is 4.39 Å². The molecule has 4 aromatic rings. The lowest BCUT2D eigenvalue weighted by Crippen LogP contribution is -2.27. The Hall–Kier alpha value is -3.61. The summed E-state index contributed by atoms with van der Waals surface area (Å²) >= 11 is 0. The Morgan fingerprint density at radius 1 is 1.14 bits per heavy atom. The van der Waals surface area contributed by atoms with Gasteiger partial charge in [-0.2, -0.15) is 0 Å². The Morgan fingerprint density at radius 3 is 2.75 bits per heavy atom. The number of carbonyl (C=O) groups is 1. The van der Waals surface area contributed by atoms with Gasteiger partial charge >= 0.3 is 0 Å². The SMILES string of the molecule is Cc1ccc(C(=O)NCCn2c(-c3ccncc3)nc3cccnc32)cc1F. The summed E-state index contributed by atoms with van der Waals surface area (Å²) in [5.74, 6) is 0.0471. The van der Waals surface area contributed by atoms with E-state index in [1.54, 1.807) is 37.6 Å². The van der Waals surface area contributed by atoms with Crippen LogP contribution in [0.25, 0.3) is 22.6 Å². The lowest BCUT2D eigenvalue weighted by molar-refractivity contribution is 0.0952. The molecule has 3 aromatic heterocycles. The molecule has 1 aromatic carbocycles. The number of benzene rings is 1. The maximum Gasteiger partial charge on any atom is 0.251 e. The van der Waals surface area contributed by atoms with Crippen LogP contribution in [0.2, 0.25) is 0 Å². The highest BCUT2D eigenvalue weighted by Gasteiger charge is 2.14. The Labute approximate surface area is 161 Å². The monoisotopic (exact) mass is 375 g/mol. The summed E-state index contributed by atoms with van der Waals surface area (Å²) < 4.78 is 15.7. The molecule has 1 amide bonds. The van der Waals surface area contributed by atoms with Crippen LogP contribution in [0.1, 0.15) is 15.9 Å². The van der Waals surface area contributed by atoms with Gasteiger partial charge in [0.05, 0.1) is 0 Å². The lowest BCUT2D eigenvalue weighted by atomic mass is 10.1. The predicted octanol–water partition coefficient (Wildman–Crippen LogP) is 3.37. The summed E-state index contributed by atoms with van der Waals surface area (Å²) in [7, 11) is 0. The van der Waals surface area contributed by atoms with Crippen LogP contribution < -0.4 is 5.32 Å². The van der Waals surface area contributed by atoms with Gasteiger partial charge in [-0.05, 0) is 48.9 Å². The second-order valence-electron chi connectivity index (χ2n) is 6.39. The van der Waals surface area contributed by atoms with Crippen LogP contribution in [0.15, 0.2) is 61.1 Å². The molecule has 0 aliphatic rings. The first-order chi connectivity index (χ1) is 13.6. The van der Waals surface area contributed by atoms with Crippen molar-refractivity contribution in [2.75, 3.05) is 6.54 Å². The summed E-state index contributed by atoms with van der Waals surface area (Å²) in [5.41, 5.74) is 3.24. The topological polar surface area (TPSA) is 72.7 Å². The van der Waals surface area contributed by atoms with Gasteiger partial charge in [-0.15, -0.1) is 0 Å². The highest BCUT2D eigenvalue weighted by atomic mass is 19.1. The molecule has 0 aliphatic carbocycles. The van der Waals surface area contributed by atoms with E-state index < -0.39 is 5.82 Å². The predicted molar refractivity (Wildman–Crippen MR) is 104 cm³/mol. The maximum atomic E-state index is 13.7. The molecule has 7 heteroatoms. The molecule has 6 nitrogen and oxygen atoms in total. The number of rotatable bonds is 5. The molecule has 0 atom stereocenters. The highest BCUT2D eigenvalue weighted by molar-refractivity contribution is 5.94. The first-order valence-corrected chi connectivity index (χ1v) is 8.89. The second kappa shape index (κ2) is 7.56. The normalized spacial score (nSPS) is 10.9. The number of amides is 1. The lowest BCUT2D eigenvalue weighted by Gasteiger charge is -2.10. The molecule has 1 N–H and O–H groups in total. The van der Waals surface area contributed by atoms with Crippen molar-refractivity contribution < 1.29 is 9.18 Å². The molecule has 0 unspecified atom stereocenters. The Balaban J connectivity index is 1.56. The van der Waals surface area contributed by atoms with Crippen molar-refractivity contribution in [2.45, 2.75) is 13.5 Å². The largest absolute Gasteiger partial charge is 0.350 e. The van der Waals surface area contributed by atoms with E-state index in [1.807, 2.05) is 28.8 Å². The van der Waals surface area contributed by atoms with Gasteiger partial charge in [-0.3, -0.25) is 9.78 Å². The van der Waals surface area contributed by atoms with Gasteiger partial charge in [0.1, 0.15) is 17.2 Å². The first kappa shape index (κ1) is 17.8. The van der Waals surface area contributed by atoms with E-state index in [0.29, 0.717) is 24.2 Å². The van der Waals surface area contributed by atoms with Gasteiger partial charge in [-0.1, -0.05) is 6.07 Å². The number of nitrogens with one attached hydrogen (secondary N) is 1. The summed E-state index contributed by atoms with van der Waals surface area (Å²) in [6.07, 6.45) is 5.13. The van der Waals surface area contributed by atoms with Crippen molar-refractivity contribution >= 4 is 17.1 Å². The van der Waals surface area contributed by atoms with E-state index in [0.717, 1.165) is 22.6 Å². The van der Waals surface area contributed by atoms with E-state index in [1.165, 1.54) is 6.07 Å². The van der Waals surface area contributed by atoms with Gasteiger partial charge in [-0.25, -0.2) is 14.4 Å². The van der Waals surface area contributed by atoms with Gasteiger partial charge < -0.3 is 9.88 Å². The Morgan fingerprint density at radius 2 is 1.96 bits per heavy atom. The van der Waals surface area contributed by atoms with Crippen molar-refractivity contribution in [2.24, 2.45) is 0 Å². The number of carbonyl (C=O) groups excluding carboxylic acids is 1. The number of aromatic nitrogens is 4. The first-order valence-electron chi connectivity index (χ1n) is 8.89. The molecule has 3 heterocycles. The summed E-state index contributed by atoms with van der Waals surface area (Å²) in [6, 6.07) is 12.0. The number of halogens is 1. The molecule has 0 saturated carbocycles. The van der Waals surface area contributed by atoms with Crippen molar-refractivity contribution in [1.29, 1.82) is 0 Å². The number of pyridine rings is 2. The van der Waals surface area contributed by atoms with E-state index in [4.69, 9.17) is 0 Å². The zero-order valence-electron chi connectivity index (χ0n) is 15.3. The average molecular weight is 375 g/mol. The summed E-state index contributed by atoms with van der Waals surface area (Å²) in [4.78, 5) is 25.5. The molecule has 0 aliphatic heterocycles. The van der Waals surface area contributed by atoms with Crippen LogP contribution in [-0.2, 0) is 6.54 Å².